The van der Waals surface area contributed by atoms with Crippen LogP contribution in [0.3, 0.4) is 0 Å². The maximum atomic E-state index is 12.0. The Labute approximate surface area is 105 Å². The number of nitrogens with zero attached hydrogens (tertiary/aromatic N) is 1. The highest BCUT2D eigenvalue weighted by atomic mass is 32.2. The highest BCUT2D eigenvalue weighted by Crippen LogP contribution is 2.35. The first kappa shape index (κ1) is 12.0. The maximum Gasteiger partial charge on any atom is 0.233 e. The lowest BCUT2D eigenvalue weighted by molar-refractivity contribution is -0.131. The second-order valence-corrected chi connectivity index (χ2v) is 5.86. The number of carbonyl (C=O) groups is 1. The van der Waals surface area contributed by atoms with Crippen LogP contribution in [0, 0.1) is 0 Å². The molecule has 0 saturated heterocycles. The van der Waals surface area contributed by atoms with E-state index in [2.05, 4.69) is 23.3 Å². The molecular weight excluding hydrogens is 238 g/mol. The standard InChI is InChI=1S/C12H17NOS2/c1-3-10-9-5-7-16-11(9)4-6-13(10)12(14)8-15-2/h5,7,10H,3-4,6,8H2,1-2H3. The van der Waals surface area contributed by atoms with Crippen molar-refractivity contribution in [2.45, 2.75) is 25.8 Å². The monoisotopic (exact) mass is 255 g/mol. The van der Waals surface area contributed by atoms with Gasteiger partial charge in [0.15, 0.2) is 0 Å². The number of hydrogen-bond donors (Lipinski definition) is 0. The molecule has 0 N–H and O–H groups in total. The van der Waals surface area contributed by atoms with Gasteiger partial charge in [-0.3, -0.25) is 4.79 Å². The second-order valence-electron chi connectivity index (χ2n) is 3.99. The minimum Gasteiger partial charge on any atom is -0.335 e. The number of carbonyl (C=O) groups excluding carboxylic acids is 1. The third kappa shape index (κ3) is 2.13. The van der Waals surface area contributed by atoms with Gasteiger partial charge in [-0.25, -0.2) is 0 Å². The average molecular weight is 255 g/mol. The van der Waals surface area contributed by atoms with Gasteiger partial charge < -0.3 is 4.90 Å². The number of fused-ring (bicyclic) bond motifs is 1. The molecule has 1 aliphatic heterocycles. The fourth-order valence-corrected chi connectivity index (χ4v) is 3.68. The Kier molecular flexibility index (Phi) is 3.92. The van der Waals surface area contributed by atoms with Crippen LogP contribution in [0.4, 0.5) is 0 Å². The van der Waals surface area contributed by atoms with Crippen molar-refractivity contribution in [1.82, 2.24) is 4.90 Å². The normalized spacial score (nSPS) is 19.6. The molecule has 1 amide bonds. The van der Waals surface area contributed by atoms with E-state index in [-0.39, 0.29) is 5.91 Å². The van der Waals surface area contributed by atoms with Crippen LogP contribution in [-0.2, 0) is 11.2 Å². The molecule has 4 heteroatoms. The number of thioether (sulfide) groups is 1. The summed E-state index contributed by atoms with van der Waals surface area (Å²) >= 11 is 3.44. The number of rotatable bonds is 3. The molecule has 0 saturated carbocycles. The van der Waals surface area contributed by atoms with E-state index in [4.69, 9.17) is 0 Å². The summed E-state index contributed by atoms with van der Waals surface area (Å²) in [6, 6.07) is 2.50. The summed E-state index contributed by atoms with van der Waals surface area (Å²) in [6.45, 7) is 3.06. The van der Waals surface area contributed by atoms with E-state index in [1.54, 1.807) is 11.8 Å². The van der Waals surface area contributed by atoms with Gasteiger partial charge in [0.05, 0.1) is 11.8 Å². The molecule has 1 aromatic heterocycles. The lowest BCUT2D eigenvalue weighted by Gasteiger charge is -2.35. The topological polar surface area (TPSA) is 20.3 Å². The highest BCUT2D eigenvalue weighted by molar-refractivity contribution is 7.99. The van der Waals surface area contributed by atoms with Crippen LogP contribution in [0.1, 0.15) is 29.8 Å². The fourth-order valence-electron chi connectivity index (χ4n) is 2.34. The molecular formula is C12H17NOS2. The Morgan fingerprint density at radius 2 is 2.50 bits per heavy atom. The first-order valence-corrected chi connectivity index (χ1v) is 7.90. The predicted octanol–water partition coefficient (Wildman–Crippen LogP) is 2.95. The predicted molar refractivity (Wildman–Crippen MR) is 71.2 cm³/mol. The molecule has 1 aromatic rings. The van der Waals surface area contributed by atoms with Gasteiger partial charge in [0.2, 0.25) is 5.91 Å². The molecule has 88 valence electrons. The number of hydrogen-bond acceptors (Lipinski definition) is 3. The van der Waals surface area contributed by atoms with Crippen LogP contribution in [0.5, 0.6) is 0 Å². The van der Waals surface area contributed by atoms with Crippen LogP contribution in [0.15, 0.2) is 11.4 Å². The molecule has 2 nitrogen and oxygen atoms in total. The van der Waals surface area contributed by atoms with Crippen molar-refractivity contribution in [1.29, 1.82) is 0 Å². The molecule has 0 bridgehead atoms. The van der Waals surface area contributed by atoms with Crippen molar-refractivity contribution < 1.29 is 4.79 Å². The molecule has 0 aliphatic carbocycles. The second kappa shape index (κ2) is 5.23. The zero-order valence-corrected chi connectivity index (χ0v) is 11.4. The lowest BCUT2D eigenvalue weighted by atomic mass is 9.98. The first-order chi connectivity index (χ1) is 7.77. The summed E-state index contributed by atoms with van der Waals surface area (Å²) in [5.41, 5.74) is 1.38. The molecule has 1 aliphatic rings. The Hall–Kier alpha value is -0.480. The van der Waals surface area contributed by atoms with Gasteiger partial charge in [-0.2, -0.15) is 11.8 Å². The van der Waals surface area contributed by atoms with E-state index in [1.807, 2.05) is 17.6 Å². The third-order valence-corrected chi connectivity index (χ3v) is 4.60. The summed E-state index contributed by atoms with van der Waals surface area (Å²) in [5.74, 6) is 0.895. The molecule has 2 heterocycles. The van der Waals surface area contributed by atoms with E-state index in [0.29, 0.717) is 11.8 Å². The van der Waals surface area contributed by atoms with Crippen LogP contribution in [0.2, 0.25) is 0 Å². The molecule has 0 fully saturated rings. The number of thiophene rings is 1. The maximum absolute atomic E-state index is 12.0. The SMILES string of the molecule is CCC1c2ccsc2CCN1C(=O)CSC. The zero-order valence-electron chi connectivity index (χ0n) is 9.73. The lowest BCUT2D eigenvalue weighted by Crippen LogP contribution is -2.40. The molecule has 2 rings (SSSR count). The molecule has 0 radical (unpaired) electrons. The summed E-state index contributed by atoms with van der Waals surface area (Å²) in [6.07, 6.45) is 4.03. The Balaban J connectivity index is 2.21. The van der Waals surface area contributed by atoms with Crippen LogP contribution < -0.4 is 0 Å². The van der Waals surface area contributed by atoms with E-state index in [9.17, 15) is 4.79 Å². The summed E-state index contributed by atoms with van der Waals surface area (Å²) in [4.78, 5) is 15.5. The van der Waals surface area contributed by atoms with Gasteiger partial charge in [0.25, 0.3) is 0 Å². The van der Waals surface area contributed by atoms with Gasteiger partial charge in [0.1, 0.15) is 0 Å². The molecule has 0 spiro atoms. The van der Waals surface area contributed by atoms with E-state index >= 15 is 0 Å². The molecule has 1 atom stereocenters. The Morgan fingerprint density at radius 3 is 3.19 bits per heavy atom. The Morgan fingerprint density at radius 1 is 1.69 bits per heavy atom. The van der Waals surface area contributed by atoms with Gasteiger partial charge in [-0.15, -0.1) is 11.3 Å². The van der Waals surface area contributed by atoms with Crippen molar-refractivity contribution in [3.05, 3.63) is 21.9 Å². The van der Waals surface area contributed by atoms with Crippen molar-refractivity contribution in [3.63, 3.8) is 0 Å². The van der Waals surface area contributed by atoms with Gasteiger partial charge in [-0.1, -0.05) is 6.92 Å². The van der Waals surface area contributed by atoms with Crippen molar-refractivity contribution in [2.24, 2.45) is 0 Å². The minimum atomic E-state index is 0.288. The number of amides is 1. The third-order valence-electron chi connectivity index (χ3n) is 3.07. The molecule has 1 unspecified atom stereocenters. The fraction of sp³-hybridized carbons (Fsp3) is 0.583. The summed E-state index contributed by atoms with van der Waals surface area (Å²) in [5, 5.41) is 2.15. The quantitative estimate of drug-likeness (QED) is 0.827. The highest BCUT2D eigenvalue weighted by Gasteiger charge is 2.29. The molecule has 16 heavy (non-hydrogen) atoms. The van der Waals surface area contributed by atoms with Gasteiger partial charge in [-0.05, 0) is 36.1 Å². The van der Waals surface area contributed by atoms with Gasteiger partial charge in [0, 0.05) is 11.4 Å². The van der Waals surface area contributed by atoms with E-state index in [1.165, 1.54) is 10.4 Å². The smallest absolute Gasteiger partial charge is 0.233 e. The summed E-state index contributed by atoms with van der Waals surface area (Å²) < 4.78 is 0. The first-order valence-electron chi connectivity index (χ1n) is 5.62. The van der Waals surface area contributed by atoms with Crippen molar-refractivity contribution >= 4 is 29.0 Å². The van der Waals surface area contributed by atoms with Crippen LogP contribution in [-0.4, -0.2) is 29.4 Å². The summed E-state index contributed by atoms with van der Waals surface area (Å²) in [7, 11) is 0. The largest absolute Gasteiger partial charge is 0.335 e. The zero-order chi connectivity index (χ0) is 11.5. The average Bonchev–Trinajstić information content (AvgIpc) is 2.75. The Bertz CT molecular complexity index is 375. The van der Waals surface area contributed by atoms with Crippen LogP contribution >= 0.6 is 23.1 Å². The van der Waals surface area contributed by atoms with Crippen molar-refractivity contribution in [3.8, 4) is 0 Å². The minimum absolute atomic E-state index is 0.288. The van der Waals surface area contributed by atoms with E-state index < -0.39 is 0 Å². The molecule has 0 aromatic carbocycles. The van der Waals surface area contributed by atoms with Crippen molar-refractivity contribution in [2.75, 3.05) is 18.6 Å². The van der Waals surface area contributed by atoms with Gasteiger partial charge >= 0.3 is 0 Å². The van der Waals surface area contributed by atoms with Crippen LogP contribution in [0.25, 0.3) is 0 Å². The van der Waals surface area contributed by atoms with E-state index in [0.717, 1.165) is 19.4 Å².